The zero-order valence-corrected chi connectivity index (χ0v) is 17.6. The minimum Gasteiger partial charge on any atom is -1.00 e. The first-order chi connectivity index (χ1) is 11.4. The van der Waals surface area contributed by atoms with Crippen molar-refractivity contribution in [3.05, 3.63) is 0 Å². The Morgan fingerprint density at radius 1 is 0.625 bits per heavy atom. The van der Waals surface area contributed by atoms with E-state index < -0.39 is 0 Å². The smallest absolute Gasteiger partial charge is 0.0770 e. The summed E-state index contributed by atoms with van der Waals surface area (Å²) in [5.41, 5.74) is 0. The molecular formula is C22H46ClN. The molecule has 0 bridgehead atoms. The van der Waals surface area contributed by atoms with E-state index in [-0.39, 0.29) is 12.4 Å². The number of unbranched alkanes of at least 4 members (excludes halogenated alkanes) is 7. The van der Waals surface area contributed by atoms with E-state index in [0.717, 1.165) is 5.92 Å². The lowest BCUT2D eigenvalue weighted by Gasteiger charge is -2.21. The second-order valence-electron chi connectivity index (χ2n) is 8.12. The van der Waals surface area contributed by atoms with Gasteiger partial charge in [-0.05, 0) is 31.6 Å². The Kier molecular flexibility index (Phi) is 18.2. The van der Waals surface area contributed by atoms with Gasteiger partial charge in [-0.25, -0.2) is 0 Å². The molecule has 1 aliphatic carbocycles. The van der Waals surface area contributed by atoms with Gasteiger partial charge in [-0.3, -0.25) is 0 Å². The molecule has 24 heavy (non-hydrogen) atoms. The first-order valence-electron chi connectivity index (χ1n) is 11.2. The van der Waals surface area contributed by atoms with Crippen molar-refractivity contribution in [1.29, 1.82) is 0 Å². The molecule has 2 heteroatoms. The van der Waals surface area contributed by atoms with E-state index in [1.54, 1.807) is 0 Å². The van der Waals surface area contributed by atoms with Crippen LogP contribution in [-0.2, 0) is 0 Å². The van der Waals surface area contributed by atoms with Crippen LogP contribution in [0.15, 0.2) is 0 Å². The highest BCUT2D eigenvalue weighted by molar-refractivity contribution is 4.65. The largest absolute Gasteiger partial charge is 1.00 e. The summed E-state index contributed by atoms with van der Waals surface area (Å²) in [4.78, 5) is 1.85. The fourth-order valence-corrected chi connectivity index (χ4v) is 4.43. The number of hydrogen-bond donors (Lipinski definition) is 1. The van der Waals surface area contributed by atoms with E-state index >= 15 is 0 Å². The van der Waals surface area contributed by atoms with Gasteiger partial charge < -0.3 is 17.3 Å². The Hall–Kier alpha value is 0.250. The van der Waals surface area contributed by atoms with Gasteiger partial charge in [0.15, 0.2) is 0 Å². The molecule has 0 aromatic rings. The summed E-state index contributed by atoms with van der Waals surface area (Å²) in [5, 5.41) is 0. The monoisotopic (exact) mass is 359 g/mol. The average Bonchev–Trinajstić information content (AvgIpc) is 2.58. The number of nitrogens with one attached hydrogen (secondary N) is 1. The Morgan fingerprint density at radius 3 is 1.67 bits per heavy atom. The molecule has 1 fully saturated rings. The van der Waals surface area contributed by atoms with Crippen LogP contribution in [0.25, 0.3) is 0 Å². The maximum atomic E-state index is 2.32. The van der Waals surface area contributed by atoms with Crippen molar-refractivity contribution >= 4 is 0 Å². The van der Waals surface area contributed by atoms with Crippen LogP contribution < -0.4 is 17.3 Å². The van der Waals surface area contributed by atoms with Gasteiger partial charge in [-0.1, -0.05) is 90.9 Å². The number of rotatable bonds is 15. The fraction of sp³-hybridized carbons (Fsp3) is 1.00. The van der Waals surface area contributed by atoms with Crippen LogP contribution in [0, 0.1) is 5.92 Å². The van der Waals surface area contributed by atoms with Gasteiger partial charge in [0.05, 0.1) is 19.6 Å². The first-order valence-corrected chi connectivity index (χ1v) is 11.2. The van der Waals surface area contributed by atoms with Gasteiger partial charge in [-0.15, -0.1) is 0 Å². The Bertz CT molecular complexity index is 232. The molecule has 0 aromatic carbocycles. The van der Waals surface area contributed by atoms with E-state index in [1.807, 2.05) is 4.90 Å². The Morgan fingerprint density at radius 2 is 1.12 bits per heavy atom. The van der Waals surface area contributed by atoms with Crippen LogP contribution in [0.4, 0.5) is 0 Å². The topological polar surface area (TPSA) is 4.44 Å². The molecule has 0 aromatic heterocycles. The van der Waals surface area contributed by atoms with Crippen LogP contribution in [0.3, 0.4) is 0 Å². The molecule has 0 heterocycles. The molecule has 1 aliphatic rings. The zero-order chi connectivity index (χ0) is 16.6. The minimum atomic E-state index is 0. The quantitative estimate of drug-likeness (QED) is 0.429. The summed E-state index contributed by atoms with van der Waals surface area (Å²) >= 11 is 0. The fourth-order valence-electron chi connectivity index (χ4n) is 4.43. The average molecular weight is 360 g/mol. The highest BCUT2D eigenvalue weighted by atomic mass is 35.5. The van der Waals surface area contributed by atoms with Crippen molar-refractivity contribution in [2.24, 2.45) is 5.92 Å². The molecule has 0 amide bonds. The van der Waals surface area contributed by atoms with Crippen LogP contribution in [-0.4, -0.2) is 19.6 Å². The third-order valence-electron chi connectivity index (χ3n) is 5.82. The summed E-state index contributed by atoms with van der Waals surface area (Å²) in [6, 6.07) is 0. The predicted molar refractivity (Wildman–Crippen MR) is 104 cm³/mol. The van der Waals surface area contributed by atoms with Crippen LogP contribution in [0.1, 0.15) is 117 Å². The molecule has 0 saturated heterocycles. The standard InChI is InChI=1S/C22H45N.ClH/c1-3-19-23(20-4-2)21-15-10-8-6-5-7-9-12-16-22-17-13-11-14-18-22;/h22H,3-21H2,1-2H3;1H. The molecule has 0 atom stereocenters. The van der Waals surface area contributed by atoms with E-state index in [0.29, 0.717) is 0 Å². The van der Waals surface area contributed by atoms with Crippen molar-refractivity contribution in [2.45, 2.75) is 117 Å². The number of halogens is 1. The van der Waals surface area contributed by atoms with Crippen molar-refractivity contribution in [3.63, 3.8) is 0 Å². The SMILES string of the molecule is CCC[NH+](CCC)CCCCCCCCCCC1CCCCC1.[Cl-]. The Balaban J connectivity index is 0.00000529. The molecule has 0 unspecified atom stereocenters. The molecule has 1 rings (SSSR count). The lowest BCUT2D eigenvalue weighted by molar-refractivity contribution is -0.900. The highest BCUT2D eigenvalue weighted by Gasteiger charge is 2.12. The molecule has 1 saturated carbocycles. The lowest BCUT2D eigenvalue weighted by atomic mass is 9.85. The van der Waals surface area contributed by atoms with E-state index in [2.05, 4.69) is 13.8 Å². The van der Waals surface area contributed by atoms with Gasteiger partial charge in [0.2, 0.25) is 0 Å². The zero-order valence-electron chi connectivity index (χ0n) is 16.9. The maximum absolute atomic E-state index is 2.32. The molecule has 1 nitrogen and oxygen atoms in total. The van der Waals surface area contributed by atoms with Gasteiger partial charge in [-0.2, -0.15) is 0 Å². The van der Waals surface area contributed by atoms with Gasteiger partial charge in [0.1, 0.15) is 0 Å². The molecule has 0 radical (unpaired) electrons. The lowest BCUT2D eigenvalue weighted by Crippen LogP contribution is -3.12. The molecule has 146 valence electrons. The van der Waals surface area contributed by atoms with Crippen molar-refractivity contribution in [1.82, 2.24) is 0 Å². The third kappa shape index (κ3) is 13.5. The first kappa shape index (κ1) is 24.2. The molecule has 1 N–H and O–H groups in total. The van der Waals surface area contributed by atoms with Crippen molar-refractivity contribution < 1.29 is 17.3 Å². The number of hydrogen-bond acceptors (Lipinski definition) is 0. The van der Waals surface area contributed by atoms with Crippen LogP contribution in [0.2, 0.25) is 0 Å². The van der Waals surface area contributed by atoms with Gasteiger partial charge >= 0.3 is 0 Å². The summed E-state index contributed by atoms with van der Waals surface area (Å²) < 4.78 is 0. The maximum Gasteiger partial charge on any atom is 0.0770 e. The summed E-state index contributed by atoms with van der Waals surface area (Å²) in [5.74, 6) is 1.10. The second kappa shape index (κ2) is 18.1. The van der Waals surface area contributed by atoms with Crippen LogP contribution >= 0.6 is 0 Å². The van der Waals surface area contributed by atoms with Crippen molar-refractivity contribution in [3.8, 4) is 0 Å². The van der Waals surface area contributed by atoms with E-state index in [1.165, 1.54) is 122 Å². The summed E-state index contributed by atoms with van der Waals surface area (Å²) in [6.07, 6.45) is 23.7. The summed E-state index contributed by atoms with van der Waals surface area (Å²) in [7, 11) is 0. The van der Waals surface area contributed by atoms with Crippen molar-refractivity contribution in [2.75, 3.05) is 19.6 Å². The van der Waals surface area contributed by atoms with E-state index in [4.69, 9.17) is 0 Å². The third-order valence-corrected chi connectivity index (χ3v) is 5.82. The second-order valence-corrected chi connectivity index (χ2v) is 8.12. The molecular weight excluding hydrogens is 314 g/mol. The normalized spacial score (nSPS) is 15.6. The summed E-state index contributed by atoms with van der Waals surface area (Å²) in [6.45, 7) is 8.83. The predicted octanol–water partition coefficient (Wildman–Crippen LogP) is 2.79. The number of quaternary nitrogens is 1. The van der Waals surface area contributed by atoms with Crippen LogP contribution in [0.5, 0.6) is 0 Å². The van der Waals surface area contributed by atoms with Gasteiger partial charge in [0.25, 0.3) is 0 Å². The molecule has 0 spiro atoms. The molecule has 0 aliphatic heterocycles. The highest BCUT2D eigenvalue weighted by Crippen LogP contribution is 2.28. The van der Waals surface area contributed by atoms with E-state index in [9.17, 15) is 0 Å². The Labute approximate surface area is 159 Å². The van der Waals surface area contributed by atoms with Gasteiger partial charge in [0, 0.05) is 0 Å². The minimum absolute atomic E-state index is 0.